The number of halogens is 3. The fraction of sp³-hybridized carbons (Fsp3) is 0.417. The molecule has 1 aromatic rings. The first-order valence-electron chi connectivity index (χ1n) is 5.61. The zero-order chi connectivity index (χ0) is 13.3. The number of carbonyl (C=O) groups excluding carboxylic acids is 1. The molecule has 0 radical (unpaired) electrons. The summed E-state index contributed by atoms with van der Waals surface area (Å²) >= 11 is 0. The lowest BCUT2D eigenvalue weighted by Gasteiger charge is -2.21. The van der Waals surface area contributed by atoms with E-state index in [1.165, 1.54) is 4.90 Å². The fourth-order valence-electron chi connectivity index (χ4n) is 1.79. The first kappa shape index (κ1) is 12.9. The summed E-state index contributed by atoms with van der Waals surface area (Å²) in [7, 11) is 0. The van der Waals surface area contributed by atoms with Crippen molar-refractivity contribution >= 4 is 5.91 Å². The number of hydrogen-bond acceptors (Lipinski definition) is 2. The first-order valence-corrected chi connectivity index (χ1v) is 5.61. The SMILES string of the molecule is O=C(c1ccc(F)c(F)c1F)N(CCO)C1CC1. The molecule has 1 aliphatic carbocycles. The lowest BCUT2D eigenvalue weighted by atomic mass is 10.1. The molecule has 0 atom stereocenters. The number of benzene rings is 1. The van der Waals surface area contributed by atoms with Crippen molar-refractivity contribution in [2.75, 3.05) is 13.2 Å². The lowest BCUT2D eigenvalue weighted by Crippen LogP contribution is -2.36. The van der Waals surface area contributed by atoms with Crippen LogP contribution in [0, 0.1) is 17.5 Å². The van der Waals surface area contributed by atoms with E-state index < -0.39 is 28.9 Å². The second-order valence-corrected chi connectivity index (χ2v) is 4.18. The van der Waals surface area contributed by atoms with Gasteiger partial charge in [0.1, 0.15) is 0 Å². The minimum atomic E-state index is -1.65. The number of aliphatic hydroxyl groups excluding tert-OH is 1. The molecule has 6 heteroatoms. The number of rotatable bonds is 4. The second-order valence-electron chi connectivity index (χ2n) is 4.18. The van der Waals surface area contributed by atoms with Crippen LogP contribution in [0.15, 0.2) is 12.1 Å². The zero-order valence-electron chi connectivity index (χ0n) is 9.50. The Morgan fingerprint density at radius 1 is 1.28 bits per heavy atom. The highest BCUT2D eigenvalue weighted by Gasteiger charge is 2.34. The molecule has 0 saturated heterocycles. The van der Waals surface area contributed by atoms with Crippen LogP contribution in [0.4, 0.5) is 13.2 Å². The molecule has 0 heterocycles. The van der Waals surface area contributed by atoms with Crippen molar-refractivity contribution in [2.45, 2.75) is 18.9 Å². The molecule has 1 N–H and O–H groups in total. The van der Waals surface area contributed by atoms with Gasteiger partial charge in [0.15, 0.2) is 17.5 Å². The summed E-state index contributed by atoms with van der Waals surface area (Å²) in [4.78, 5) is 13.3. The Morgan fingerprint density at radius 2 is 1.94 bits per heavy atom. The van der Waals surface area contributed by atoms with Gasteiger partial charge < -0.3 is 10.0 Å². The first-order chi connectivity index (χ1) is 8.56. The van der Waals surface area contributed by atoms with Gasteiger partial charge in [-0.2, -0.15) is 0 Å². The maximum absolute atomic E-state index is 13.5. The summed E-state index contributed by atoms with van der Waals surface area (Å²) in [5.74, 6) is -5.18. The highest BCUT2D eigenvalue weighted by atomic mass is 19.2. The van der Waals surface area contributed by atoms with E-state index in [2.05, 4.69) is 0 Å². The van der Waals surface area contributed by atoms with Crippen LogP contribution in [0.3, 0.4) is 0 Å². The smallest absolute Gasteiger partial charge is 0.257 e. The standard InChI is InChI=1S/C12H12F3NO2/c13-9-4-3-8(10(14)11(9)15)12(18)16(5-6-17)7-1-2-7/h3-4,7,17H,1-2,5-6H2. The van der Waals surface area contributed by atoms with Gasteiger partial charge in [-0.3, -0.25) is 4.79 Å². The van der Waals surface area contributed by atoms with E-state index in [1.54, 1.807) is 0 Å². The number of aliphatic hydroxyl groups is 1. The number of carbonyl (C=O) groups is 1. The van der Waals surface area contributed by atoms with Crippen LogP contribution in [0.25, 0.3) is 0 Å². The van der Waals surface area contributed by atoms with E-state index in [0.717, 1.165) is 25.0 Å². The Bertz CT molecular complexity index is 475. The lowest BCUT2D eigenvalue weighted by molar-refractivity contribution is 0.0701. The van der Waals surface area contributed by atoms with Gasteiger partial charge in [-0.15, -0.1) is 0 Å². The Balaban J connectivity index is 2.29. The van der Waals surface area contributed by atoms with Crippen LogP contribution in [0.2, 0.25) is 0 Å². The highest BCUT2D eigenvalue weighted by molar-refractivity contribution is 5.95. The van der Waals surface area contributed by atoms with Crippen molar-refractivity contribution in [3.05, 3.63) is 35.1 Å². The summed E-state index contributed by atoms with van der Waals surface area (Å²) < 4.78 is 39.3. The van der Waals surface area contributed by atoms with Crippen molar-refractivity contribution in [2.24, 2.45) is 0 Å². The van der Waals surface area contributed by atoms with Crippen molar-refractivity contribution in [3.63, 3.8) is 0 Å². The summed E-state index contributed by atoms with van der Waals surface area (Å²) in [6, 6.07) is 1.59. The van der Waals surface area contributed by atoms with E-state index >= 15 is 0 Å². The Kier molecular flexibility index (Phi) is 3.56. The maximum atomic E-state index is 13.5. The second kappa shape index (κ2) is 4.97. The molecule has 3 nitrogen and oxygen atoms in total. The molecule has 0 aromatic heterocycles. The van der Waals surface area contributed by atoms with Crippen molar-refractivity contribution in [1.82, 2.24) is 4.90 Å². The van der Waals surface area contributed by atoms with Crippen LogP contribution in [-0.2, 0) is 0 Å². The third-order valence-electron chi connectivity index (χ3n) is 2.86. The highest BCUT2D eigenvalue weighted by Crippen LogP contribution is 2.28. The predicted molar refractivity (Wildman–Crippen MR) is 57.5 cm³/mol. The molecular weight excluding hydrogens is 247 g/mol. The largest absolute Gasteiger partial charge is 0.395 e. The van der Waals surface area contributed by atoms with Crippen molar-refractivity contribution in [3.8, 4) is 0 Å². The van der Waals surface area contributed by atoms with Gasteiger partial charge in [-0.1, -0.05) is 0 Å². The van der Waals surface area contributed by atoms with Crippen LogP contribution < -0.4 is 0 Å². The van der Waals surface area contributed by atoms with E-state index in [4.69, 9.17) is 5.11 Å². The summed E-state index contributed by atoms with van der Waals surface area (Å²) in [5, 5.41) is 8.86. The number of amides is 1. The topological polar surface area (TPSA) is 40.5 Å². The predicted octanol–water partition coefficient (Wildman–Crippen LogP) is 1.70. The van der Waals surface area contributed by atoms with Gasteiger partial charge in [0.2, 0.25) is 0 Å². The summed E-state index contributed by atoms with van der Waals surface area (Å²) in [6.45, 7) is -0.199. The van der Waals surface area contributed by atoms with Crippen LogP contribution in [0.5, 0.6) is 0 Å². The zero-order valence-corrected chi connectivity index (χ0v) is 9.50. The molecule has 0 aliphatic heterocycles. The molecule has 0 bridgehead atoms. The van der Waals surface area contributed by atoms with Gasteiger partial charge in [0, 0.05) is 12.6 Å². The quantitative estimate of drug-likeness (QED) is 0.836. The number of nitrogens with zero attached hydrogens (tertiary/aromatic N) is 1. The molecule has 1 amide bonds. The minimum Gasteiger partial charge on any atom is -0.395 e. The van der Waals surface area contributed by atoms with Gasteiger partial charge in [-0.25, -0.2) is 13.2 Å². The van der Waals surface area contributed by atoms with E-state index in [0.29, 0.717) is 0 Å². The van der Waals surface area contributed by atoms with Gasteiger partial charge >= 0.3 is 0 Å². The third-order valence-corrected chi connectivity index (χ3v) is 2.86. The fourth-order valence-corrected chi connectivity index (χ4v) is 1.79. The Morgan fingerprint density at radius 3 is 2.50 bits per heavy atom. The average Bonchev–Trinajstić information content (AvgIpc) is 3.17. The van der Waals surface area contributed by atoms with Crippen molar-refractivity contribution in [1.29, 1.82) is 0 Å². The van der Waals surface area contributed by atoms with Gasteiger partial charge in [-0.05, 0) is 25.0 Å². The molecule has 98 valence electrons. The molecule has 18 heavy (non-hydrogen) atoms. The Hall–Kier alpha value is -1.56. The summed E-state index contributed by atoms with van der Waals surface area (Å²) in [6.07, 6.45) is 1.55. The third kappa shape index (κ3) is 2.33. The molecule has 1 fully saturated rings. The van der Waals surface area contributed by atoms with Crippen LogP contribution >= 0.6 is 0 Å². The van der Waals surface area contributed by atoms with Crippen LogP contribution in [0.1, 0.15) is 23.2 Å². The maximum Gasteiger partial charge on any atom is 0.257 e. The number of hydrogen-bond donors (Lipinski definition) is 1. The van der Waals surface area contributed by atoms with E-state index in [1.807, 2.05) is 0 Å². The average molecular weight is 259 g/mol. The minimum absolute atomic E-state index is 0.0443. The molecule has 0 unspecified atom stereocenters. The van der Waals surface area contributed by atoms with E-state index in [9.17, 15) is 18.0 Å². The molecule has 1 aliphatic rings. The molecule has 1 saturated carbocycles. The molecular formula is C12H12F3NO2. The van der Waals surface area contributed by atoms with Crippen molar-refractivity contribution < 1.29 is 23.1 Å². The van der Waals surface area contributed by atoms with E-state index in [-0.39, 0.29) is 19.2 Å². The van der Waals surface area contributed by atoms with Crippen LogP contribution in [-0.4, -0.2) is 35.1 Å². The van der Waals surface area contributed by atoms with Gasteiger partial charge in [0.05, 0.1) is 12.2 Å². The summed E-state index contributed by atoms with van der Waals surface area (Å²) in [5.41, 5.74) is -0.505. The monoisotopic (exact) mass is 259 g/mol. The molecule has 0 spiro atoms. The molecule has 1 aromatic carbocycles. The molecule has 2 rings (SSSR count). The van der Waals surface area contributed by atoms with Gasteiger partial charge in [0.25, 0.3) is 5.91 Å². The Labute approximate surface area is 102 Å². The normalized spacial score (nSPS) is 14.7.